The molecule has 9 nitrogen and oxygen atoms in total. The van der Waals surface area contributed by atoms with Crippen LogP contribution in [0, 0.1) is 10.1 Å². The number of nitrogens with one attached hydrogen (secondary N) is 1. The molecular formula is C19H18F3N5O4. The molecule has 2 heterocycles. The summed E-state index contributed by atoms with van der Waals surface area (Å²) >= 11 is 0. The van der Waals surface area contributed by atoms with E-state index in [-0.39, 0.29) is 23.7 Å². The number of pyridine rings is 1. The Balaban J connectivity index is 1.47. The van der Waals surface area contributed by atoms with Crippen LogP contribution in [-0.4, -0.2) is 59.3 Å². The molecule has 1 N–H and O–H groups in total. The maximum atomic E-state index is 12.6. The van der Waals surface area contributed by atoms with Crippen LogP contribution in [0.5, 0.6) is 0 Å². The van der Waals surface area contributed by atoms with Crippen molar-refractivity contribution in [1.29, 1.82) is 0 Å². The predicted octanol–water partition coefficient (Wildman–Crippen LogP) is 2.09. The van der Waals surface area contributed by atoms with E-state index >= 15 is 0 Å². The Morgan fingerprint density at radius 2 is 1.71 bits per heavy atom. The number of carbonyl (C=O) groups is 2. The van der Waals surface area contributed by atoms with Gasteiger partial charge < -0.3 is 15.1 Å². The first-order valence-corrected chi connectivity index (χ1v) is 9.24. The number of hydrogen-bond acceptors (Lipinski definition) is 6. The van der Waals surface area contributed by atoms with Gasteiger partial charge in [0.05, 0.1) is 17.0 Å². The van der Waals surface area contributed by atoms with Crippen LogP contribution in [0.1, 0.15) is 15.9 Å². The molecule has 0 spiro atoms. The lowest BCUT2D eigenvalue weighted by atomic mass is 10.1. The third-order valence-electron chi connectivity index (χ3n) is 4.77. The molecule has 0 atom stereocenters. The maximum absolute atomic E-state index is 12.6. The second-order valence-electron chi connectivity index (χ2n) is 6.76. The first kappa shape index (κ1) is 22.0. The van der Waals surface area contributed by atoms with Gasteiger partial charge in [0.25, 0.3) is 11.6 Å². The molecule has 0 saturated carbocycles. The van der Waals surface area contributed by atoms with Gasteiger partial charge in [-0.3, -0.25) is 19.7 Å². The number of rotatable bonds is 5. The minimum atomic E-state index is -4.49. The molecule has 164 valence electrons. The number of piperazine rings is 1. The first-order chi connectivity index (χ1) is 14.6. The summed E-state index contributed by atoms with van der Waals surface area (Å²) in [5, 5.41) is 13.1. The van der Waals surface area contributed by atoms with Crippen LogP contribution in [0.4, 0.5) is 24.7 Å². The summed E-state index contributed by atoms with van der Waals surface area (Å²) in [6.07, 6.45) is -3.32. The van der Waals surface area contributed by atoms with Crippen molar-refractivity contribution in [3.8, 4) is 0 Å². The number of nitrogens with zero attached hydrogens (tertiary/aromatic N) is 4. The Labute approximate surface area is 174 Å². The quantitative estimate of drug-likeness (QED) is 0.567. The van der Waals surface area contributed by atoms with Crippen molar-refractivity contribution >= 4 is 23.3 Å². The predicted molar refractivity (Wildman–Crippen MR) is 103 cm³/mol. The summed E-state index contributed by atoms with van der Waals surface area (Å²) in [5.41, 5.74) is -0.947. The molecule has 0 bridgehead atoms. The number of nitro groups is 1. The van der Waals surface area contributed by atoms with Crippen molar-refractivity contribution in [2.24, 2.45) is 0 Å². The Kier molecular flexibility index (Phi) is 6.37. The Hall–Kier alpha value is -3.70. The average molecular weight is 437 g/mol. The molecule has 1 aromatic carbocycles. The Morgan fingerprint density at radius 3 is 2.23 bits per heavy atom. The van der Waals surface area contributed by atoms with Crippen LogP contribution in [0.2, 0.25) is 0 Å². The largest absolute Gasteiger partial charge is 0.416 e. The van der Waals surface area contributed by atoms with Gasteiger partial charge in [-0.2, -0.15) is 13.2 Å². The SMILES string of the molecule is O=C(NCC(=O)N1CCN(c2ccc([N+](=O)[O-])cn2)CC1)c1ccc(C(F)(F)F)cc1. The summed E-state index contributed by atoms with van der Waals surface area (Å²) in [5.74, 6) is -0.402. The van der Waals surface area contributed by atoms with Crippen LogP contribution in [0.15, 0.2) is 42.6 Å². The molecule has 0 radical (unpaired) electrons. The summed E-state index contributed by atoms with van der Waals surface area (Å²) in [7, 11) is 0. The molecule has 12 heteroatoms. The van der Waals surface area contributed by atoms with Gasteiger partial charge in [0.15, 0.2) is 0 Å². The van der Waals surface area contributed by atoms with E-state index in [0.29, 0.717) is 32.0 Å². The van der Waals surface area contributed by atoms with Crippen LogP contribution in [0.25, 0.3) is 0 Å². The van der Waals surface area contributed by atoms with Crippen molar-refractivity contribution in [2.45, 2.75) is 6.18 Å². The van der Waals surface area contributed by atoms with Crippen molar-refractivity contribution in [3.63, 3.8) is 0 Å². The second kappa shape index (κ2) is 8.98. The normalized spacial score (nSPS) is 14.3. The van der Waals surface area contributed by atoms with Crippen LogP contribution in [0.3, 0.4) is 0 Å². The lowest BCUT2D eigenvalue weighted by molar-refractivity contribution is -0.385. The molecule has 3 rings (SSSR count). The van der Waals surface area contributed by atoms with E-state index < -0.39 is 22.6 Å². The van der Waals surface area contributed by atoms with Crippen molar-refractivity contribution in [1.82, 2.24) is 15.2 Å². The number of carbonyl (C=O) groups excluding carboxylic acids is 2. The zero-order chi connectivity index (χ0) is 22.6. The molecule has 1 aromatic heterocycles. The van der Waals surface area contributed by atoms with Gasteiger partial charge in [0.2, 0.25) is 5.91 Å². The monoisotopic (exact) mass is 437 g/mol. The van der Waals surface area contributed by atoms with E-state index in [1.165, 1.54) is 12.3 Å². The number of halogens is 3. The molecule has 2 aromatic rings. The zero-order valence-corrected chi connectivity index (χ0v) is 16.1. The van der Waals surface area contributed by atoms with Gasteiger partial charge in [-0.15, -0.1) is 0 Å². The summed E-state index contributed by atoms with van der Waals surface area (Å²) in [4.78, 5) is 42.1. The number of benzene rings is 1. The number of hydrogen-bond donors (Lipinski definition) is 1. The summed E-state index contributed by atoms with van der Waals surface area (Å²) in [6.45, 7) is 1.38. The Morgan fingerprint density at radius 1 is 1.06 bits per heavy atom. The highest BCUT2D eigenvalue weighted by Crippen LogP contribution is 2.29. The fraction of sp³-hybridized carbons (Fsp3) is 0.316. The number of aromatic nitrogens is 1. The first-order valence-electron chi connectivity index (χ1n) is 9.24. The number of anilines is 1. The second-order valence-corrected chi connectivity index (χ2v) is 6.76. The third-order valence-corrected chi connectivity index (χ3v) is 4.77. The fourth-order valence-corrected chi connectivity index (χ4v) is 3.04. The van der Waals surface area contributed by atoms with Gasteiger partial charge in [-0.25, -0.2) is 4.98 Å². The molecule has 1 aliphatic heterocycles. The van der Waals surface area contributed by atoms with E-state index in [9.17, 15) is 32.9 Å². The van der Waals surface area contributed by atoms with Crippen molar-refractivity contribution in [2.75, 3.05) is 37.6 Å². The highest BCUT2D eigenvalue weighted by atomic mass is 19.4. The van der Waals surface area contributed by atoms with E-state index in [4.69, 9.17) is 0 Å². The highest BCUT2D eigenvalue weighted by Gasteiger charge is 2.30. The molecule has 2 amide bonds. The van der Waals surface area contributed by atoms with Gasteiger partial charge in [0, 0.05) is 37.8 Å². The molecular weight excluding hydrogens is 419 g/mol. The smallest absolute Gasteiger partial charge is 0.353 e. The maximum Gasteiger partial charge on any atom is 0.416 e. The fourth-order valence-electron chi connectivity index (χ4n) is 3.04. The minimum Gasteiger partial charge on any atom is -0.353 e. The van der Waals surface area contributed by atoms with Gasteiger partial charge in [-0.05, 0) is 30.3 Å². The van der Waals surface area contributed by atoms with Crippen molar-refractivity contribution < 1.29 is 27.7 Å². The van der Waals surface area contributed by atoms with Crippen LogP contribution >= 0.6 is 0 Å². The van der Waals surface area contributed by atoms with Crippen LogP contribution < -0.4 is 10.2 Å². The van der Waals surface area contributed by atoms with Crippen LogP contribution in [-0.2, 0) is 11.0 Å². The number of alkyl halides is 3. The third kappa shape index (κ3) is 5.47. The number of amides is 2. The molecule has 31 heavy (non-hydrogen) atoms. The summed E-state index contributed by atoms with van der Waals surface area (Å²) in [6, 6.07) is 6.62. The van der Waals surface area contributed by atoms with E-state index in [2.05, 4.69) is 10.3 Å². The van der Waals surface area contributed by atoms with Gasteiger partial charge in [-0.1, -0.05) is 0 Å². The lowest BCUT2D eigenvalue weighted by Gasteiger charge is -2.35. The molecule has 1 saturated heterocycles. The highest BCUT2D eigenvalue weighted by molar-refractivity contribution is 5.96. The topological polar surface area (TPSA) is 109 Å². The lowest BCUT2D eigenvalue weighted by Crippen LogP contribution is -2.51. The summed E-state index contributed by atoms with van der Waals surface area (Å²) < 4.78 is 37.7. The van der Waals surface area contributed by atoms with E-state index in [0.717, 1.165) is 24.3 Å². The molecule has 1 aliphatic rings. The van der Waals surface area contributed by atoms with E-state index in [1.807, 2.05) is 4.90 Å². The minimum absolute atomic E-state index is 0.0230. The zero-order valence-electron chi connectivity index (χ0n) is 16.1. The molecule has 1 fully saturated rings. The van der Waals surface area contributed by atoms with Gasteiger partial charge in [0.1, 0.15) is 12.0 Å². The average Bonchev–Trinajstić information content (AvgIpc) is 2.77. The standard InChI is InChI=1S/C19H18F3N5O4/c20-19(21,22)14-3-1-13(2-4-14)18(29)24-12-17(28)26-9-7-25(8-10-26)16-6-5-15(11-23-16)27(30)31/h1-6,11H,7-10,12H2,(H,24,29). The van der Waals surface area contributed by atoms with Gasteiger partial charge >= 0.3 is 6.18 Å². The van der Waals surface area contributed by atoms with E-state index in [1.54, 1.807) is 11.0 Å². The Bertz CT molecular complexity index is 956. The van der Waals surface area contributed by atoms with Crippen molar-refractivity contribution in [3.05, 3.63) is 63.8 Å². The molecule has 0 unspecified atom stereocenters. The molecule has 0 aliphatic carbocycles.